The summed E-state index contributed by atoms with van der Waals surface area (Å²) in [7, 11) is -3.60. The molecule has 1 aliphatic heterocycles. The largest absolute Gasteiger partial charge is 0.322 e. The zero-order chi connectivity index (χ0) is 18.9. The normalized spacial score (nSPS) is 15.2. The van der Waals surface area contributed by atoms with Crippen LogP contribution in [-0.4, -0.2) is 31.7 Å². The Morgan fingerprint density at radius 1 is 1.04 bits per heavy atom. The van der Waals surface area contributed by atoms with Gasteiger partial charge >= 0.3 is 0 Å². The summed E-state index contributed by atoms with van der Waals surface area (Å²) >= 11 is 6.15. The van der Waals surface area contributed by atoms with E-state index in [9.17, 15) is 13.2 Å². The molecule has 1 heterocycles. The van der Waals surface area contributed by atoms with Crippen LogP contribution in [0.15, 0.2) is 41.3 Å². The van der Waals surface area contributed by atoms with Crippen molar-refractivity contribution in [2.45, 2.75) is 31.6 Å². The van der Waals surface area contributed by atoms with Crippen LogP contribution in [-0.2, 0) is 10.0 Å². The highest BCUT2D eigenvalue weighted by Gasteiger charge is 2.28. The molecular formula is C19H21ClN2O3S. The Morgan fingerprint density at radius 2 is 1.73 bits per heavy atom. The van der Waals surface area contributed by atoms with Crippen LogP contribution < -0.4 is 5.32 Å². The van der Waals surface area contributed by atoms with E-state index in [0.29, 0.717) is 18.8 Å². The first-order valence-corrected chi connectivity index (χ1v) is 10.3. The number of rotatable bonds is 4. The summed E-state index contributed by atoms with van der Waals surface area (Å²) in [6.45, 7) is 4.97. The number of aryl methyl sites for hydroxylation is 2. The molecular weight excluding hydrogens is 372 g/mol. The van der Waals surface area contributed by atoms with Gasteiger partial charge in [0.15, 0.2) is 0 Å². The van der Waals surface area contributed by atoms with Crippen molar-refractivity contribution in [1.29, 1.82) is 0 Å². The summed E-state index contributed by atoms with van der Waals surface area (Å²) in [4.78, 5) is 12.7. The van der Waals surface area contributed by atoms with Gasteiger partial charge in [-0.25, -0.2) is 8.42 Å². The Kier molecular flexibility index (Phi) is 5.37. The Hall–Kier alpha value is -1.89. The Morgan fingerprint density at radius 3 is 2.38 bits per heavy atom. The van der Waals surface area contributed by atoms with Crippen LogP contribution in [0.2, 0.25) is 5.02 Å². The van der Waals surface area contributed by atoms with E-state index in [0.717, 1.165) is 24.0 Å². The van der Waals surface area contributed by atoms with E-state index in [1.807, 2.05) is 26.0 Å². The number of sulfonamides is 1. The summed E-state index contributed by atoms with van der Waals surface area (Å²) in [5, 5.41) is 3.00. The Labute approximate surface area is 159 Å². The molecule has 138 valence electrons. The second kappa shape index (κ2) is 7.39. The standard InChI is InChI=1S/C19H21ClN2O3S/c1-13-5-6-15(11-14(13)2)21-19(23)17-12-16(7-8-18(17)20)26(24,25)22-9-3-4-10-22/h5-8,11-12H,3-4,9-10H2,1-2H3,(H,21,23). The first kappa shape index (κ1) is 18.9. The number of carbonyl (C=O) groups excluding carboxylic acids is 1. The number of nitrogens with zero attached hydrogens (tertiary/aromatic N) is 1. The van der Waals surface area contributed by atoms with Crippen LogP contribution >= 0.6 is 11.6 Å². The fraction of sp³-hybridized carbons (Fsp3) is 0.316. The molecule has 1 fully saturated rings. The van der Waals surface area contributed by atoms with Gasteiger partial charge in [-0.1, -0.05) is 17.7 Å². The molecule has 26 heavy (non-hydrogen) atoms. The molecule has 0 unspecified atom stereocenters. The number of hydrogen-bond donors (Lipinski definition) is 1. The van der Waals surface area contributed by atoms with Crippen LogP contribution in [0.4, 0.5) is 5.69 Å². The summed E-state index contributed by atoms with van der Waals surface area (Å²) in [5.74, 6) is -0.434. The van der Waals surface area contributed by atoms with Crippen molar-refractivity contribution in [2.75, 3.05) is 18.4 Å². The maximum atomic E-state index is 12.7. The SMILES string of the molecule is Cc1ccc(NC(=O)c2cc(S(=O)(=O)N3CCCC3)ccc2Cl)cc1C. The lowest BCUT2D eigenvalue weighted by Gasteiger charge is -2.16. The minimum absolute atomic E-state index is 0.0917. The average molecular weight is 393 g/mol. The van der Waals surface area contributed by atoms with Gasteiger partial charge in [0.1, 0.15) is 0 Å². The summed E-state index contributed by atoms with van der Waals surface area (Å²) < 4.78 is 26.9. The van der Waals surface area contributed by atoms with E-state index in [-0.39, 0.29) is 15.5 Å². The van der Waals surface area contributed by atoms with E-state index in [1.54, 1.807) is 6.07 Å². The monoisotopic (exact) mass is 392 g/mol. The van der Waals surface area contributed by atoms with E-state index >= 15 is 0 Å². The summed E-state index contributed by atoms with van der Waals surface area (Å²) in [5.41, 5.74) is 2.96. The van der Waals surface area contributed by atoms with Crippen LogP contribution in [0.5, 0.6) is 0 Å². The summed E-state index contributed by atoms with van der Waals surface area (Å²) in [6.07, 6.45) is 1.71. The zero-order valence-electron chi connectivity index (χ0n) is 14.8. The summed E-state index contributed by atoms with van der Waals surface area (Å²) in [6, 6.07) is 9.85. The molecule has 3 rings (SSSR count). The van der Waals surface area contributed by atoms with E-state index in [1.165, 1.54) is 22.5 Å². The van der Waals surface area contributed by atoms with E-state index < -0.39 is 15.9 Å². The number of nitrogens with one attached hydrogen (secondary N) is 1. The Balaban J connectivity index is 1.89. The van der Waals surface area contributed by atoms with E-state index in [2.05, 4.69) is 5.32 Å². The van der Waals surface area contributed by atoms with Crippen molar-refractivity contribution in [3.63, 3.8) is 0 Å². The molecule has 1 aliphatic rings. The predicted molar refractivity (Wildman–Crippen MR) is 103 cm³/mol. The number of hydrogen-bond acceptors (Lipinski definition) is 3. The lowest BCUT2D eigenvalue weighted by molar-refractivity contribution is 0.102. The zero-order valence-corrected chi connectivity index (χ0v) is 16.3. The van der Waals surface area contributed by atoms with Crippen molar-refractivity contribution < 1.29 is 13.2 Å². The lowest BCUT2D eigenvalue weighted by atomic mass is 10.1. The van der Waals surface area contributed by atoms with Gasteiger partial charge in [0.25, 0.3) is 5.91 Å². The molecule has 7 heteroatoms. The van der Waals surface area contributed by atoms with Gasteiger partial charge < -0.3 is 5.32 Å². The molecule has 0 aliphatic carbocycles. The third-order valence-electron chi connectivity index (χ3n) is 4.65. The minimum atomic E-state index is -3.60. The van der Waals surface area contributed by atoms with Crippen molar-refractivity contribution in [2.24, 2.45) is 0 Å². The van der Waals surface area contributed by atoms with Crippen molar-refractivity contribution in [3.8, 4) is 0 Å². The first-order valence-electron chi connectivity index (χ1n) is 8.47. The Bertz CT molecular complexity index is 951. The molecule has 5 nitrogen and oxygen atoms in total. The van der Waals surface area contributed by atoms with Crippen molar-refractivity contribution in [1.82, 2.24) is 4.31 Å². The number of carbonyl (C=O) groups is 1. The maximum absolute atomic E-state index is 12.7. The molecule has 0 saturated carbocycles. The third-order valence-corrected chi connectivity index (χ3v) is 6.87. The van der Waals surface area contributed by atoms with Gasteiger partial charge in [-0.3, -0.25) is 4.79 Å². The van der Waals surface area contributed by atoms with Gasteiger partial charge in [0.2, 0.25) is 10.0 Å². The average Bonchev–Trinajstić information content (AvgIpc) is 3.13. The minimum Gasteiger partial charge on any atom is -0.322 e. The maximum Gasteiger partial charge on any atom is 0.257 e. The second-order valence-corrected chi connectivity index (χ2v) is 8.85. The second-order valence-electron chi connectivity index (χ2n) is 6.51. The van der Waals surface area contributed by atoms with E-state index in [4.69, 9.17) is 11.6 Å². The molecule has 1 N–H and O–H groups in total. The molecule has 0 atom stereocenters. The highest BCUT2D eigenvalue weighted by molar-refractivity contribution is 7.89. The molecule has 0 aromatic heterocycles. The smallest absolute Gasteiger partial charge is 0.257 e. The van der Waals surface area contributed by atoms with Crippen molar-refractivity contribution >= 4 is 33.2 Å². The quantitative estimate of drug-likeness (QED) is 0.855. The number of halogens is 1. The number of amides is 1. The topological polar surface area (TPSA) is 66.5 Å². The first-order chi connectivity index (χ1) is 12.3. The molecule has 1 amide bonds. The van der Waals surface area contributed by atoms with Gasteiger partial charge in [0.05, 0.1) is 15.5 Å². The number of benzene rings is 2. The van der Waals surface area contributed by atoms with Gasteiger partial charge in [-0.15, -0.1) is 0 Å². The van der Waals surface area contributed by atoms with Gasteiger partial charge in [-0.05, 0) is 68.1 Å². The molecule has 1 saturated heterocycles. The van der Waals surface area contributed by atoms with Crippen molar-refractivity contribution in [3.05, 3.63) is 58.1 Å². The van der Waals surface area contributed by atoms with Crippen LogP contribution in [0.1, 0.15) is 34.3 Å². The van der Waals surface area contributed by atoms with Crippen LogP contribution in [0.3, 0.4) is 0 Å². The molecule has 0 radical (unpaired) electrons. The highest BCUT2D eigenvalue weighted by atomic mass is 35.5. The lowest BCUT2D eigenvalue weighted by Crippen LogP contribution is -2.28. The number of anilines is 1. The fourth-order valence-corrected chi connectivity index (χ4v) is 4.68. The highest BCUT2D eigenvalue weighted by Crippen LogP contribution is 2.26. The van der Waals surface area contributed by atoms with Gasteiger partial charge in [0, 0.05) is 18.8 Å². The van der Waals surface area contributed by atoms with Gasteiger partial charge in [-0.2, -0.15) is 4.31 Å². The molecule has 0 spiro atoms. The predicted octanol–water partition coefficient (Wildman–Crippen LogP) is 3.99. The fourth-order valence-electron chi connectivity index (χ4n) is 2.93. The molecule has 2 aromatic rings. The third kappa shape index (κ3) is 3.77. The molecule has 0 bridgehead atoms. The van der Waals surface area contributed by atoms with Crippen LogP contribution in [0.25, 0.3) is 0 Å². The van der Waals surface area contributed by atoms with Crippen LogP contribution in [0, 0.1) is 13.8 Å². The molecule has 2 aromatic carbocycles.